The third kappa shape index (κ3) is 3.68. The maximum atomic E-state index is 10.3. The van der Waals surface area contributed by atoms with Crippen molar-refractivity contribution in [3.63, 3.8) is 0 Å². The van der Waals surface area contributed by atoms with Gasteiger partial charge in [0.25, 0.3) is 0 Å². The molecular formula is C16H19NO2S. The van der Waals surface area contributed by atoms with Gasteiger partial charge in [-0.3, -0.25) is 0 Å². The van der Waals surface area contributed by atoms with Gasteiger partial charge in [0.15, 0.2) is 0 Å². The van der Waals surface area contributed by atoms with Gasteiger partial charge in [-0.1, -0.05) is 18.2 Å². The van der Waals surface area contributed by atoms with Crippen LogP contribution >= 0.6 is 11.8 Å². The number of aliphatic hydroxyl groups is 1. The fourth-order valence-corrected chi connectivity index (χ4v) is 2.93. The first kappa shape index (κ1) is 14.8. The molecule has 1 unspecified atom stereocenters. The molecule has 0 saturated carbocycles. The van der Waals surface area contributed by atoms with Crippen molar-refractivity contribution in [2.45, 2.75) is 17.9 Å². The Morgan fingerprint density at radius 1 is 1.25 bits per heavy atom. The van der Waals surface area contributed by atoms with Gasteiger partial charge in [0.2, 0.25) is 0 Å². The Labute approximate surface area is 123 Å². The molecule has 0 aliphatic heterocycles. The molecule has 1 atom stereocenters. The van der Waals surface area contributed by atoms with Crippen molar-refractivity contribution < 1.29 is 9.84 Å². The molecular weight excluding hydrogens is 270 g/mol. The van der Waals surface area contributed by atoms with Gasteiger partial charge in [0.05, 0.1) is 13.2 Å². The molecule has 0 aliphatic rings. The second-order valence-corrected chi connectivity index (χ2v) is 5.69. The molecule has 3 N–H and O–H groups in total. The molecule has 2 aromatic rings. The SMILES string of the molecule is COc1cccc(C(O)CSc2cc(N)ccc2C)c1. The van der Waals surface area contributed by atoms with Crippen molar-refractivity contribution in [2.24, 2.45) is 0 Å². The summed E-state index contributed by atoms with van der Waals surface area (Å²) in [6.45, 7) is 2.04. The molecule has 2 aromatic carbocycles. The third-order valence-corrected chi connectivity index (χ3v) is 4.32. The number of hydrogen-bond acceptors (Lipinski definition) is 4. The number of methoxy groups -OCH3 is 1. The van der Waals surface area contributed by atoms with E-state index in [2.05, 4.69) is 0 Å². The van der Waals surface area contributed by atoms with Gasteiger partial charge in [-0.05, 0) is 42.3 Å². The summed E-state index contributed by atoms with van der Waals surface area (Å²) >= 11 is 1.61. The monoisotopic (exact) mass is 289 g/mol. The first-order valence-electron chi connectivity index (χ1n) is 6.41. The van der Waals surface area contributed by atoms with Crippen LogP contribution < -0.4 is 10.5 Å². The van der Waals surface area contributed by atoms with Crippen molar-refractivity contribution in [1.82, 2.24) is 0 Å². The van der Waals surface area contributed by atoms with Crippen molar-refractivity contribution in [2.75, 3.05) is 18.6 Å². The summed E-state index contributed by atoms with van der Waals surface area (Å²) in [5.74, 6) is 1.34. The summed E-state index contributed by atoms with van der Waals surface area (Å²) in [5, 5.41) is 10.3. The smallest absolute Gasteiger partial charge is 0.119 e. The van der Waals surface area contributed by atoms with E-state index in [0.29, 0.717) is 5.75 Å². The number of aliphatic hydroxyl groups excluding tert-OH is 1. The maximum absolute atomic E-state index is 10.3. The zero-order valence-electron chi connectivity index (χ0n) is 11.7. The quantitative estimate of drug-likeness (QED) is 0.654. The van der Waals surface area contributed by atoms with E-state index in [1.807, 2.05) is 49.4 Å². The summed E-state index contributed by atoms with van der Waals surface area (Å²) in [7, 11) is 1.62. The molecule has 4 heteroatoms. The second-order valence-electron chi connectivity index (χ2n) is 4.63. The minimum absolute atomic E-state index is 0.532. The zero-order chi connectivity index (χ0) is 14.5. The highest BCUT2D eigenvalue weighted by Crippen LogP contribution is 2.29. The second kappa shape index (κ2) is 6.68. The van der Waals surface area contributed by atoms with Crippen LogP contribution in [0.4, 0.5) is 5.69 Å². The Kier molecular flexibility index (Phi) is 4.93. The normalized spacial score (nSPS) is 12.2. The van der Waals surface area contributed by atoms with Gasteiger partial charge in [-0.2, -0.15) is 0 Å². The van der Waals surface area contributed by atoms with Gasteiger partial charge in [0, 0.05) is 16.3 Å². The highest BCUT2D eigenvalue weighted by atomic mass is 32.2. The lowest BCUT2D eigenvalue weighted by molar-refractivity contribution is 0.203. The minimum Gasteiger partial charge on any atom is -0.497 e. The Bertz CT molecular complexity index is 586. The van der Waals surface area contributed by atoms with Gasteiger partial charge < -0.3 is 15.6 Å². The van der Waals surface area contributed by atoms with Gasteiger partial charge in [-0.15, -0.1) is 11.8 Å². The van der Waals surface area contributed by atoms with Crippen LogP contribution in [0.1, 0.15) is 17.2 Å². The molecule has 0 saturated heterocycles. The molecule has 0 fully saturated rings. The number of aryl methyl sites for hydroxylation is 1. The Morgan fingerprint density at radius 2 is 2.05 bits per heavy atom. The Balaban J connectivity index is 2.04. The lowest BCUT2D eigenvalue weighted by Crippen LogP contribution is -2.01. The van der Waals surface area contributed by atoms with E-state index in [1.54, 1.807) is 18.9 Å². The molecule has 0 amide bonds. The van der Waals surface area contributed by atoms with Crippen LogP contribution in [-0.2, 0) is 0 Å². The molecule has 0 spiro atoms. The van der Waals surface area contributed by atoms with Gasteiger partial charge in [-0.25, -0.2) is 0 Å². The first-order valence-corrected chi connectivity index (χ1v) is 7.39. The van der Waals surface area contributed by atoms with E-state index >= 15 is 0 Å². The summed E-state index contributed by atoms with van der Waals surface area (Å²) in [6.07, 6.45) is -0.532. The summed E-state index contributed by atoms with van der Waals surface area (Å²) in [6, 6.07) is 13.3. The number of nitrogens with two attached hydrogens (primary N) is 1. The number of nitrogen functional groups attached to an aromatic ring is 1. The van der Waals surface area contributed by atoms with Crippen molar-refractivity contribution in [3.05, 3.63) is 53.6 Å². The van der Waals surface area contributed by atoms with Gasteiger partial charge >= 0.3 is 0 Å². The van der Waals surface area contributed by atoms with Crippen LogP contribution in [0.3, 0.4) is 0 Å². The number of benzene rings is 2. The van der Waals surface area contributed by atoms with E-state index in [9.17, 15) is 5.11 Å². The molecule has 20 heavy (non-hydrogen) atoms. The number of anilines is 1. The number of rotatable bonds is 5. The fourth-order valence-electron chi connectivity index (χ4n) is 1.89. The maximum Gasteiger partial charge on any atom is 0.119 e. The van der Waals surface area contributed by atoms with Crippen molar-refractivity contribution in [3.8, 4) is 5.75 Å². The topological polar surface area (TPSA) is 55.5 Å². The van der Waals surface area contributed by atoms with Crippen molar-refractivity contribution >= 4 is 17.4 Å². The van der Waals surface area contributed by atoms with E-state index in [4.69, 9.17) is 10.5 Å². The first-order chi connectivity index (χ1) is 9.60. The third-order valence-electron chi connectivity index (χ3n) is 3.09. The lowest BCUT2D eigenvalue weighted by Gasteiger charge is -2.13. The fraction of sp³-hybridized carbons (Fsp3) is 0.250. The van der Waals surface area contributed by atoms with Crippen LogP contribution in [-0.4, -0.2) is 18.0 Å². The zero-order valence-corrected chi connectivity index (χ0v) is 12.5. The average Bonchev–Trinajstić information content (AvgIpc) is 2.48. The van der Waals surface area contributed by atoms with Crippen LogP contribution in [0.5, 0.6) is 5.75 Å². The Hall–Kier alpha value is -1.65. The average molecular weight is 289 g/mol. The molecule has 0 aromatic heterocycles. The Morgan fingerprint density at radius 3 is 2.80 bits per heavy atom. The predicted molar refractivity (Wildman–Crippen MR) is 84.3 cm³/mol. The summed E-state index contributed by atoms with van der Waals surface area (Å²) in [5.41, 5.74) is 8.56. The van der Waals surface area contributed by atoms with Crippen LogP contribution in [0.15, 0.2) is 47.4 Å². The molecule has 0 radical (unpaired) electrons. The molecule has 0 aliphatic carbocycles. The van der Waals surface area contributed by atoms with Crippen molar-refractivity contribution in [1.29, 1.82) is 0 Å². The van der Waals surface area contributed by atoms with E-state index in [-0.39, 0.29) is 0 Å². The van der Waals surface area contributed by atoms with Gasteiger partial charge in [0.1, 0.15) is 5.75 Å². The van der Waals surface area contributed by atoms with Crippen LogP contribution in [0, 0.1) is 6.92 Å². The van der Waals surface area contributed by atoms with E-state index in [1.165, 1.54) is 5.56 Å². The standard InChI is InChI=1S/C16H19NO2S/c1-11-6-7-13(17)9-16(11)20-10-15(18)12-4-3-5-14(8-12)19-2/h3-9,15,18H,10,17H2,1-2H3. The predicted octanol–water partition coefficient (Wildman–Crippen LogP) is 3.41. The lowest BCUT2D eigenvalue weighted by atomic mass is 10.1. The molecule has 2 rings (SSSR count). The highest BCUT2D eigenvalue weighted by Gasteiger charge is 2.10. The number of hydrogen-bond donors (Lipinski definition) is 2. The molecule has 3 nitrogen and oxygen atoms in total. The van der Waals surface area contributed by atoms with Crippen LogP contribution in [0.25, 0.3) is 0 Å². The van der Waals surface area contributed by atoms with E-state index < -0.39 is 6.10 Å². The number of ether oxygens (including phenoxy) is 1. The number of thioether (sulfide) groups is 1. The molecule has 0 heterocycles. The highest BCUT2D eigenvalue weighted by molar-refractivity contribution is 7.99. The van der Waals surface area contributed by atoms with E-state index in [0.717, 1.165) is 21.9 Å². The summed E-state index contributed by atoms with van der Waals surface area (Å²) in [4.78, 5) is 1.10. The largest absolute Gasteiger partial charge is 0.497 e. The van der Waals surface area contributed by atoms with Crippen LogP contribution in [0.2, 0.25) is 0 Å². The summed E-state index contributed by atoms with van der Waals surface area (Å²) < 4.78 is 5.17. The minimum atomic E-state index is -0.532. The molecule has 106 valence electrons. The molecule has 0 bridgehead atoms.